The van der Waals surface area contributed by atoms with E-state index in [1.807, 2.05) is 38.1 Å². The van der Waals surface area contributed by atoms with Gasteiger partial charge in [0.2, 0.25) is 0 Å². The number of hydrogen-bond acceptors (Lipinski definition) is 3. The van der Waals surface area contributed by atoms with E-state index in [1.54, 1.807) is 0 Å². The fourth-order valence-electron chi connectivity index (χ4n) is 2.42. The molecule has 0 radical (unpaired) electrons. The first kappa shape index (κ1) is 12.8. The summed E-state index contributed by atoms with van der Waals surface area (Å²) in [5.41, 5.74) is 1.77. The van der Waals surface area contributed by atoms with Crippen LogP contribution in [0.2, 0.25) is 0 Å². The molecule has 3 nitrogen and oxygen atoms in total. The molecule has 1 heterocycles. The molecule has 0 amide bonds. The molecule has 1 aromatic carbocycles. The van der Waals surface area contributed by atoms with Gasteiger partial charge >= 0.3 is 0 Å². The second-order valence-corrected chi connectivity index (χ2v) is 4.88. The lowest BCUT2D eigenvalue weighted by molar-refractivity contribution is -0.129. The highest BCUT2D eigenvalue weighted by atomic mass is 16.5. The highest BCUT2D eigenvalue weighted by Crippen LogP contribution is 2.28. The lowest BCUT2D eigenvalue weighted by Crippen LogP contribution is -2.30. The maximum Gasteiger partial charge on any atom is 0.183 e. The molecule has 94 valence electrons. The van der Waals surface area contributed by atoms with Gasteiger partial charge in [0.1, 0.15) is 12.0 Å². The van der Waals surface area contributed by atoms with Crippen LogP contribution in [0, 0.1) is 24.2 Å². The lowest BCUT2D eigenvalue weighted by Gasteiger charge is -2.18. The number of nitrogens with zero attached hydrogens (tertiary/aromatic N) is 1. The van der Waals surface area contributed by atoms with Gasteiger partial charge in [-0.2, -0.15) is 5.26 Å². The number of rotatable bonds is 3. The molecule has 0 aliphatic carbocycles. The molecule has 3 unspecified atom stereocenters. The van der Waals surface area contributed by atoms with E-state index in [9.17, 15) is 10.1 Å². The minimum atomic E-state index is -0.711. The van der Waals surface area contributed by atoms with E-state index in [4.69, 9.17) is 4.74 Å². The maximum absolute atomic E-state index is 12.4. The molecule has 1 saturated heterocycles. The Hall–Kier alpha value is -1.66. The predicted octanol–water partition coefficient (Wildman–Crippen LogP) is 2.60. The molecular weight excluding hydrogens is 226 g/mol. The first-order chi connectivity index (χ1) is 8.65. The molecule has 1 aromatic rings. The van der Waals surface area contributed by atoms with Gasteiger partial charge in [0.05, 0.1) is 6.07 Å². The first-order valence-electron chi connectivity index (χ1n) is 6.25. The summed E-state index contributed by atoms with van der Waals surface area (Å²) in [7, 11) is 0. The number of ketones is 1. The average Bonchev–Trinajstić information content (AvgIpc) is 2.78. The first-order valence-corrected chi connectivity index (χ1v) is 6.25. The number of Topliss-reactive ketones (excluding diaryl/α,β-unsaturated/α-hetero) is 1. The average molecular weight is 243 g/mol. The Balaban J connectivity index is 2.27. The maximum atomic E-state index is 12.4. The van der Waals surface area contributed by atoms with Crippen molar-refractivity contribution in [3.05, 3.63) is 35.4 Å². The third-order valence-corrected chi connectivity index (χ3v) is 3.58. The van der Waals surface area contributed by atoms with Gasteiger partial charge < -0.3 is 4.74 Å². The van der Waals surface area contributed by atoms with Gasteiger partial charge in [-0.05, 0) is 30.4 Å². The standard InChI is InChI=1S/C15H17NO2/c1-10-5-3-4-6-12(10)13(9-16)14(17)15-11(2)7-8-18-15/h3-6,11,13,15H,7-8H2,1-2H3. The molecule has 3 atom stereocenters. The number of carbonyl (C=O) groups is 1. The molecule has 0 bridgehead atoms. The van der Waals surface area contributed by atoms with E-state index in [1.165, 1.54) is 0 Å². The van der Waals surface area contributed by atoms with Crippen LogP contribution in [0.15, 0.2) is 24.3 Å². The zero-order valence-electron chi connectivity index (χ0n) is 10.7. The van der Waals surface area contributed by atoms with Gasteiger partial charge in [-0.1, -0.05) is 31.2 Å². The second kappa shape index (κ2) is 5.32. The SMILES string of the molecule is Cc1ccccc1C(C#N)C(=O)C1OCCC1C. The summed E-state index contributed by atoms with van der Waals surface area (Å²) >= 11 is 0. The van der Waals surface area contributed by atoms with Crippen LogP contribution in [-0.4, -0.2) is 18.5 Å². The van der Waals surface area contributed by atoms with Gasteiger partial charge in [-0.15, -0.1) is 0 Å². The Morgan fingerprint density at radius 3 is 2.78 bits per heavy atom. The van der Waals surface area contributed by atoms with Crippen LogP contribution in [0.5, 0.6) is 0 Å². The molecule has 3 heteroatoms. The second-order valence-electron chi connectivity index (χ2n) is 4.88. The smallest absolute Gasteiger partial charge is 0.183 e. The van der Waals surface area contributed by atoms with Crippen LogP contribution in [0.3, 0.4) is 0 Å². The molecule has 1 fully saturated rings. The van der Waals surface area contributed by atoms with Crippen LogP contribution in [0.4, 0.5) is 0 Å². The number of nitriles is 1. The quantitative estimate of drug-likeness (QED) is 0.819. The Morgan fingerprint density at radius 1 is 1.50 bits per heavy atom. The van der Waals surface area contributed by atoms with Gasteiger partial charge in [0.15, 0.2) is 5.78 Å². The van der Waals surface area contributed by atoms with E-state index >= 15 is 0 Å². The molecule has 0 spiro atoms. The van der Waals surface area contributed by atoms with Crippen LogP contribution in [0.25, 0.3) is 0 Å². The summed E-state index contributed by atoms with van der Waals surface area (Å²) in [6, 6.07) is 9.67. The van der Waals surface area contributed by atoms with Crippen LogP contribution in [0.1, 0.15) is 30.4 Å². The van der Waals surface area contributed by atoms with E-state index in [2.05, 4.69) is 6.07 Å². The number of hydrogen-bond donors (Lipinski definition) is 0. The summed E-state index contributed by atoms with van der Waals surface area (Å²) in [6.07, 6.45) is 0.469. The molecule has 2 rings (SSSR count). The number of benzene rings is 1. The highest BCUT2D eigenvalue weighted by molar-refractivity contribution is 5.92. The van der Waals surface area contributed by atoms with E-state index < -0.39 is 12.0 Å². The minimum absolute atomic E-state index is 0.100. The monoisotopic (exact) mass is 243 g/mol. The van der Waals surface area contributed by atoms with Crippen molar-refractivity contribution in [3.63, 3.8) is 0 Å². The molecule has 0 aromatic heterocycles. The van der Waals surface area contributed by atoms with Crippen molar-refractivity contribution in [2.45, 2.75) is 32.3 Å². The van der Waals surface area contributed by atoms with Crippen molar-refractivity contribution in [3.8, 4) is 6.07 Å². The van der Waals surface area contributed by atoms with Gasteiger partial charge in [0, 0.05) is 6.61 Å². The fraction of sp³-hybridized carbons (Fsp3) is 0.467. The van der Waals surface area contributed by atoms with Crippen molar-refractivity contribution < 1.29 is 9.53 Å². The third-order valence-electron chi connectivity index (χ3n) is 3.58. The predicted molar refractivity (Wildman–Crippen MR) is 68.1 cm³/mol. The Bertz CT molecular complexity index is 490. The molecule has 1 aliphatic heterocycles. The third kappa shape index (κ3) is 2.30. The Kier molecular flexibility index (Phi) is 3.78. The number of carbonyl (C=O) groups excluding carboxylic acids is 1. The van der Waals surface area contributed by atoms with Crippen molar-refractivity contribution >= 4 is 5.78 Å². The van der Waals surface area contributed by atoms with E-state index in [0.29, 0.717) is 6.61 Å². The minimum Gasteiger partial charge on any atom is -0.370 e. The van der Waals surface area contributed by atoms with Crippen LogP contribution in [-0.2, 0) is 9.53 Å². The zero-order chi connectivity index (χ0) is 13.1. The summed E-state index contributed by atoms with van der Waals surface area (Å²) < 4.78 is 5.47. The molecule has 1 aliphatic rings. The van der Waals surface area contributed by atoms with Crippen molar-refractivity contribution in [2.75, 3.05) is 6.61 Å². The van der Waals surface area contributed by atoms with Crippen LogP contribution < -0.4 is 0 Å². The number of ether oxygens (including phenoxy) is 1. The van der Waals surface area contributed by atoms with Gasteiger partial charge in [0.25, 0.3) is 0 Å². The molecule has 18 heavy (non-hydrogen) atoms. The summed E-state index contributed by atoms with van der Waals surface area (Å²) in [4.78, 5) is 12.4. The van der Waals surface area contributed by atoms with Crippen molar-refractivity contribution in [1.82, 2.24) is 0 Å². The summed E-state index contributed by atoms with van der Waals surface area (Å²) in [6.45, 7) is 4.54. The Morgan fingerprint density at radius 2 is 2.22 bits per heavy atom. The Labute approximate surface area is 107 Å². The van der Waals surface area contributed by atoms with Crippen molar-refractivity contribution in [2.24, 2.45) is 5.92 Å². The van der Waals surface area contributed by atoms with Crippen molar-refractivity contribution in [1.29, 1.82) is 5.26 Å². The normalized spacial score (nSPS) is 24.5. The van der Waals surface area contributed by atoms with E-state index in [-0.39, 0.29) is 11.7 Å². The topological polar surface area (TPSA) is 50.1 Å². The van der Waals surface area contributed by atoms with Gasteiger partial charge in [-0.3, -0.25) is 4.79 Å². The molecule has 0 saturated carbocycles. The summed E-state index contributed by atoms with van der Waals surface area (Å²) in [5.74, 6) is -0.606. The molecule has 0 N–H and O–H groups in total. The van der Waals surface area contributed by atoms with Crippen LogP contribution >= 0.6 is 0 Å². The summed E-state index contributed by atoms with van der Waals surface area (Å²) in [5, 5.41) is 9.29. The number of aryl methyl sites for hydroxylation is 1. The highest BCUT2D eigenvalue weighted by Gasteiger charge is 2.36. The van der Waals surface area contributed by atoms with E-state index in [0.717, 1.165) is 17.5 Å². The molecular formula is C15H17NO2. The largest absolute Gasteiger partial charge is 0.370 e. The lowest BCUT2D eigenvalue weighted by atomic mass is 9.86. The fourth-order valence-corrected chi connectivity index (χ4v) is 2.42. The zero-order valence-corrected chi connectivity index (χ0v) is 10.7. The van der Waals surface area contributed by atoms with Gasteiger partial charge in [-0.25, -0.2) is 0 Å².